The molecule has 3 fully saturated rings. The number of nitrogen functional groups attached to an aromatic ring is 1. The standard InChI is InChI=1S/C64H105NO18.C36H46FN3O9S/c1-13-77-30-31-79-34-35-80-33-32-78-29-19-23-57(66)81-52-27-25-49(39-56(52)75-11)38-45(5)55-41-54(74-10)44(4)37-47(7)59(68)60(76-12)58(67)46(6)36-42(2)20-15-14-16-21-43(3)53(73-9)40-50-26-24-48(8)64(72,83-50)61(69)62(70)65-28-18-17-22-51(65)63(71)82-55;1-3-45-16-17-47-20-21-48-19-18-46-14-12-30(41)5-4-22-50(43,44)33-10-8-31(26(2)35(33)37)36(42)40-13-15-49-32-9-6-27(23-29(32)25-40)28-7-11-34(38)39-24-28/h14-16,20-21,37,42,44-46,48-56,59-60,68,72H,13,17-19,22-36,38-41H2,1-12H3;6-11,23-24H,3-5,12-22,25H2,1-2H3,(H2,38,39)/b16-14+,20-15+,43-21+,47-37+;/t42-,44-,45-,46-,48-,49+,50+,51+,52-,53+,54-,55+,56-,59-,60+,64-;/m1./s1. The van der Waals surface area contributed by atoms with Gasteiger partial charge in [-0.3, -0.25) is 28.8 Å². The molecule has 31 nitrogen and oxygen atoms in total. The zero-order valence-corrected chi connectivity index (χ0v) is 81.7. The largest absolute Gasteiger partial charge is 0.491 e. The second-order valence-electron chi connectivity index (χ2n) is 35.3. The van der Waals surface area contributed by atoms with Crippen LogP contribution in [-0.4, -0.2) is 295 Å². The van der Waals surface area contributed by atoms with E-state index < -0.39 is 116 Å². The molecule has 2 bridgehead atoms. The maximum atomic E-state index is 15.6. The van der Waals surface area contributed by atoms with E-state index in [0.29, 0.717) is 180 Å². The van der Waals surface area contributed by atoms with Gasteiger partial charge in [-0.05, 0) is 188 Å². The number of aliphatic hydroxyl groups is 2. The van der Waals surface area contributed by atoms with Gasteiger partial charge in [-0.15, -0.1) is 0 Å². The smallest absolute Gasteiger partial charge is 0.329 e. The lowest BCUT2D eigenvalue weighted by atomic mass is 9.78. The summed E-state index contributed by atoms with van der Waals surface area (Å²) in [5.74, 6) is -8.33. The number of amides is 2. The van der Waals surface area contributed by atoms with Gasteiger partial charge in [-0.1, -0.05) is 77.1 Å². The number of carbonyl (C=O) groups excluding carboxylic acids is 7. The van der Waals surface area contributed by atoms with Crippen molar-refractivity contribution in [2.75, 3.05) is 165 Å². The van der Waals surface area contributed by atoms with Gasteiger partial charge in [-0.25, -0.2) is 22.6 Å². The van der Waals surface area contributed by atoms with Gasteiger partial charge in [0.2, 0.25) is 5.79 Å². The number of pyridine rings is 1. The second-order valence-corrected chi connectivity index (χ2v) is 37.3. The number of Topliss-reactive ketones (excluding diaryl/α,β-unsaturated/α-hetero) is 3. The Hall–Kier alpha value is -7.68. The molecule has 4 N–H and O–H groups in total. The van der Waals surface area contributed by atoms with E-state index in [9.17, 15) is 52.2 Å². The van der Waals surface area contributed by atoms with Gasteiger partial charge in [0, 0.05) is 134 Å². The average molecular weight is 1890 g/mol. The van der Waals surface area contributed by atoms with Crippen LogP contribution in [0.2, 0.25) is 0 Å². The highest BCUT2D eigenvalue weighted by molar-refractivity contribution is 7.91. The number of esters is 2. The minimum atomic E-state index is -4.05. The summed E-state index contributed by atoms with van der Waals surface area (Å²) in [5, 5.41) is 23.8. The number of anilines is 1. The molecule has 0 spiro atoms. The fourth-order valence-corrected chi connectivity index (χ4v) is 18.8. The lowest BCUT2D eigenvalue weighted by Gasteiger charge is -2.43. The molecular weight excluding hydrogens is 1740 g/mol. The highest BCUT2D eigenvalue weighted by atomic mass is 32.2. The molecule has 0 radical (unpaired) electrons. The molecule has 16 atom stereocenters. The van der Waals surface area contributed by atoms with E-state index in [1.54, 1.807) is 52.3 Å². The minimum Gasteiger partial charge on any atom is -0.491 e. The Balaban J connectivity index is 0.000000410. The maximum Gasteiger partial charge on any atom is 0.329 e. The number of aromatic nitrogens is 1. The van der Waals surface area contributed by atoms with Crippen LogP contribution in [0.4, 0.5) is 10.2 Å². The van der Waals surface area contributed by atoms with E-state index in [0.717, 1.165) is 34.8 Å². The number of methoxy groups -OCH3 is 4. The van der Waals surface area contributed by atoms with Gasteiger partial charge in [0.1, 0.15) is 65.1 Å². The molecule has 4 aliphatic heterocycles. The Morgan fingerprint density at radius 1 is 0.669 bits per heavy atom. The number of ether oxygens (including phenoxy) is 16. The first kappa shape index (κ1) is 112. The number of aliphatic hydroxyl groups excluding tert-OH is 1. The molecule has 1 aromatic heterocycles. The van der Waals surface area contributed by atoms with E-state index >= 15 is 4.39 Å². The van der Waals surface area contributed by atoms with Crippen LogP contribution in [-0.2, 0) is 116 Å². The summed E-state index contributed by atoms with van der Waals surface area (Å²) >= 11 is 0. The average Bonchev–Trinajstić information content (AvgIpc) is 1.16. The lowest BCUT2D eigenvalue weighted by Crippen LogP contribution is -2.61. The molecule has 2 amide bonds. The number of allylic oxidation sites excluding steroid dienone is 5. The molecule has 2 saturated heterocycles. The fourth-order valence-electron chi connectivity index (χ4n) is 17.3. The quantitative estimate of drug-likeness (QED) is 0.0205. The van der Waals surface area contributed by atoms with Crippen LogP contribution < -0.4 is 10.5 Å². The zero-order chi connectivity index (χ0) is 97.0. The van der Waals surface area contributed by atoms with Gasteiger partial charge in [0.05, 0.1) is 123 Å². The fraction of sp³-hybridized carbons (Fsp3) is 0.680. The first-order valence-electron chi connectivity index (χ1n) is 47.4. The van der Waals surface area contributed by atoms with Crippen molar-refractivity contribution in [3.63, 3.8) is 0 Å². The Labute approximate surface area is 786 Å². The van der Waals surface area contributed by atoms with Crippen LogP contribution in [0, 0.1) is 48.2 Å². The molecule has 1 saturated carbocycles. The summed E-state index contributed by atoms with van der Waals surface area (Å²) < 4.78 is 133. The predicted molar refractivity (Wildman–Crippen MR) is 498 cm³/mol. The normalized spacial score (nSPS) is 26.8. The van der Waals surface area contributed by atoms with Crippen molar-refractivity contribution in [1.82, 2.24) is 14.8 Å². The Kier molecular flexibility index (Phi) is 50.2. The number of halogens is 1. The predicted octanol–water partition coefficient (Wildman–Crippen LogP) is 12.5. The van der Waals surface area contributed by atoms with Gasteiger partial charge in [0.15, 0.2) is 15.6 Å². The number of fused-ring (bicyclic) bond motifs is 4. The highest BCUT2D eigenvalue weighted by Gasteiger charge is 2.53. The third-order valence-electron chi connectivity index (χ3n) is 25.3. The van der Waals surface area contributed by atoms with Crippen LogP contribution in [0.3, 0.4) is 0 Å². The summed E-state index contributed by atoms with van der Waals surface area (Å²) in [6.45, 7) is 26.6. The van der Waals surface area contributed by atoms with Gasteiger partial charge in [-0.2, -0.15) is 0 Å². The lowest BCUT2D eigenvalue weighted by molar-refractivity contribution is -0.265. The number of ketones is 3. The van der Waals surface area contributed by atoms with Crippen molar-refractivity contribution in [2.24, 2.45) is 35.5 Å². The Morgan fingerprint density at radius 2 is 1.32 bits per heavy atom. The number of benzene rings is 2. The number of hydrogen-bond donors (Lipinski definition) is 3. The summed E-state index contributed by atoms with van der Waals surface area (Å²) in [6.07, 6.45) is 14.4. The van der Waals surface area contributed by atoms with E-state index in [1.807, 2.05) is 109 Å². The number of hydrogen-bond acceptors (Lipinski definition) is 29. The molecule has 5 heterocycles. The third kappa shape index (κ3) is 36.3. The van der Waals surface area contributed by atoms with Gasteiger partial charge >= 0.3 is 11.9 Å². The highest BCUT2D eigenvalue weighted by Crippen LogP contribution is 2.40. The monoisotopic (exact) mass is 1890 g/mol. The summed E-state index contributed by atoms with van der Waals surface area (Å²) in [7, 11) is 2.14. The van der Waals surface area contributed by atoms with E-state index in [2.05, 4.69) is 4.98 Å². The van der Waals surface area contributed by atoms with Crippen molar-refractivity contribution in [3.05, 3.63) is 119 Å². The number of carbonyl (C=O) groups is 7. The summed E-state index contributed by atoms with van der Waals surface area (Å²) in [5.41, 5.74) is 9.61. The molecular formula is C100H151FN4O27S. The van der Waals surface area contributed by atoms with Crippen LogP contribution in [0.25, 0.3) is 11.1 Å². The van der Waals surface area contributed by atoms with Crippen LogP contribution in [0.1, 0.15) is 193 Å². The van der Waals surface area contributed by atoms with Crippen LogP contribution in [0.5, 0.6) is 5.75 Å². The van der Waals surface area contributed by atoms with E-state index in [4.69, 9.17) is 81.5 Å². The molecule has 133 heavy (non-hydrogen) atoms. The third-order valence-corrected chi connectivity index (χ3v) is 27.1. The van der Waals surface area contributed by atoms with E-state index in [-0.39, 0.29) is 130 Å². The topological polar surface area (TPSA) is 387 Å². The van der Waals surface area contributed by atoms with Gasteiger partial charge < -0.3 is 102 Å². The second kappa shape index (κ2) is 59.5. The molecule has 5 aliphatic rings. The maximum absolute atomic E-state index is 15.6. The first-order chi connectivity index (χ1) is 63.8. The molecule has 1 aliphatic carbocycles. The first-order valence-corrected chi connectivity index (χ1v) is 49.1. The summed E-state index contributed by atoms with van der Waals surface area (Å²) in [4.78, 5) is 103. The van der Waals surface area contributed by atoms with Crippen molar-refractivity contribution in [3.8, 4) is 16.9 Å². The molecule has 33 heteroatoms. The zero-order valence-electron chi connectivity index (χ0n) is 80.9. The summed E-state index contributed by atoms with van der Waals surface area (Å²) in [6, 6.07) is 10.6. The van der Waals surface area contributed by atoms with Crippen molar-refractivity contribution < 1.29 is 132 Å². The Morgan fingerprint density at radius 3 is 1.95 bits per heavy atom. The SMILES string of the molecule is CCOCCOCCOCCOCCC(=O)CCCS(=O)(=O)c1ccc(C(=O)N2CCOc3ccc(-c4ccc(N)nc4)cc3C2)c(C)c1F.CCOCCOCCOCCOCCCC(=O)O[C@@H]1CC[C@@H](C[C@@H](C)[C@@H]2C[C@@H](OC)[C@H](C)/C=C(\C)[C@@H](O)[C@@H](OC)C(=O)[C@H](C)C[C@H](C)/C=C/C=C/C=C(\C)[C@@H](OC)C[C@@H]3CC[C@@H](C)[C@@](O)(O3)C(=O)C(=O)N3CCCC[C@H]3C(=O)O2)C[C@H]1OC. The molecule has 2 aromatic carbocycles. The molecule has 746 valence electrons. The van der Waals surface area contributed by atoms with E-state index in [1.165, 1.54) is 25.0 Å². The number of nitrogens with two attached hydrogens (primary N) is 1. The number of cyclic esters (lactones) is 1. The van der Waals surface area contributed by atoms with Crippen molar-refractivity contribution in [1.29, 1.82) is 0 Å². The van der Waals surface area contributed by atoms with Crippen molar-refractivity contribution >= 4 is 56.8 Å². The van der Waals surface area contributed by atoms with Gasteiger partial charge in [0.25, 0.3) is 17.6 Å². The van der Waals surface area contributed by atoms with Crippen LogP contribution in [0.15, 0.2) is 101 Å². The number of piperidine rings is 1. The van der Waals surface area contributed by atoms with Crippen LogP contribution >= 0.6 is 0 Å². The van der Waals surface area contributed by atoms with Crippen molar-refractivity contribution in [2.45, 2.75) is 250 Å². The molecule has 8 rings (SSSR count). The Bertz CT molecular complexity index is 4320. The number of nitrogens with zero attached hydrogens (tertiary/aromatic N) is 3. The number of sulfone groups is 1. The molecule has 3 aromatic rings. The number of rotatable bonds is 42. The molecule has 0 unspecified atom stereocenters. The minimum absolute atomic E-state index is 0.0183.